The van der Waals surface area contributed by atoms with Crippen molar-refractivity contribution in [2.24, 2.45) is 5.73 Å². The normalized spacial score (nSPS) is 18.8. The first kappa shape index (κ1) is 25.2. The Morgan fingerprint density at radius 1 is 1.06 bits per heavy atom. The van der Waals surface area contributed by atoms with E-state index in [0.717, 1.165) is 18.4 Å². The number of piperazine rings is 1. The van der Waals surface area contributed by atoms with Crippen LogP contribution in [0, 0.1) is 0 Å². The Hall–Kier alpha value is -3.39. The van der Waals surface area contributed by atoms with E-state index in [1.807, 2.05) is 35.2 Å². The van der Waals surface area contributed by atoms with Crippen LogP contribution < -0.4 is 5.73 Å². The second-order valence-electron chi connectivity index (χ2n) is 8.86. The lowest BCUT2D eigenvalue weighted by Crippen LogP contribution is -2.47. The molecule has 0 aliphatic carbocycles. The van der Waals surface area contributed by atoms with Gasteiger partial charge in [0.2, 0.25) is 5.91 Å². The number of rotatable bonds is 4. The largest absolute Gasteiger partial charge is 0.446 e. The van der Waals surface area contributed by atoms with Crippen molar-refractivity contribution in [1.82, 2.24) is 14.7 Å². The fraction of sp³-hybridized carbons (Fsp3) is 0.423. The molecule has 2 aliphatic rings. The fourth-order valence-corrected chi connectivity index (χ4v) is 4.00. The third-order valence-corrected chi connectivity index (χ3v) is 5.92. The van der Waals surface area contributed by atoms with E-state index in [9.17, 15) is 14.4 Å². The van der Waals surface area contributed by atoms with Gasteiger partial charge < -0.3 is 20.3 Å². The minimum atomic E-state index is -0.478. The molecule has 0 atom stereocenters. The zero-order chi connectivity index (χ0) is 24.8. The number of ether oxygens (including phenoxy) is 1. The quantitative estimate of drug-likeness (QED) is 0.734. The molecule has 3 amide bonds. The topological polar surface area (TPSA) is 96.2 Å². The second kappa shape index (κ2) is 11.2. The zero-order valence-corrected chi connectivity index (χ0v) is 20.2. The van der Waals surface area contributed by atoms with Crippen LogP contribution in [-0.4, -0.2) is 70.9 Å². The van der Waals surface area contributed by atoms with Crippen molar-refractivity contribution in [3.8, 4) is 0 Å². The van der Waals surface area contributed by atoms with Crippen LogP contribution in [0.25, 0.3) is 6.08 Å². The highest BCUT2D eigenvalue weighted by Crippen LogP contribution is 2.25. The Morgan fingerprint density at radius 3 is 2.26 bits per heavy atom. The average Bonchev–Trinajstić information content (AvgIpc) is 2.79. The summed E-state index contributed by atoms with van der Waals surface area (Å²) in [6, 6.07) is 7.56. The van der Waals surface area contributed by atoms with Crippen LogP contribution >= 0.6 is 0 Å². The van der Waals surface area contributed by atoms with Crippen LogP contribution in [0.3, 0.4) is 0 Å². The maximum absolute atomic E-state index is 12.7. The number of nitrogens with zero attached hydrogens (tertiary/aromatic N) is 3. The van der Waals surface area contributed by atoms with Gasteiger partial charge in [-0.15, -0.1) is 0 Å². The predicted molar refractivity (Wildman–Crippen MR) is 132 cm³/mol. The lowest BCUT2D eigenvalue weighted by molar-refractivity contribution is -0.127. The molecule has 2 fully saturated rings. The van der Waals surface area contributed by atoms with E-state index in [4.69, 9.17) is 10.5 Å². The monoisotopic (exact) mass is 466 g/mol. The van der Waals surface area contributed by atoms with Gasteiger partial charge in [0.05, 0.1) is 17.5 Å². The second-order valence-corrected chi connectivity index (χ2v) is 8.86. The molecular formula is C26H34N4O4. The van der Waals surface area contributed by atoms with Gasteiger partial charge in [-0.25, -0.2) is 4.79 Å². The molecule has 2 aliphatic heterocycles. The van der Waals surface area contributed by atoms with Gasteiger partial charge in [-0.05, 0) is 50.5 Å². The lowest BCUT2D eigenvalue weighted by Gasteiger charge is -2.37. The molecule has 1 aromatic rings. The molecule has 1 aromatic carbocycles. The molecule has 182 valence electrons. The van der Waals surface area contributed by atoms with Gasteiger partial charge in [0.25, 0.3) is 5.91 Å². The smallest absolute Gasteiger partial charge is 0.414 e. The summed E-state index contributed by atoms with van der Waals surface area (Å²) in [5.41, 5.74) is 8.44. The third-order valence-electron chi connectivity index (χ3n) is 5.92. The van der Waals surface area contributed by atoms with Crippen molar-refractivity contribution in [3.63, 3.8) is 0 Å². The molecule has 2 heterocycles. The molecule has 8 heteroatoms. The molecule has 2 N–H and O–H groups in total. The zero-order valence-electron chi connectivity index (χ0n) is 20.2. The minimum absolute atomic E-state index is 0.0218. The summed E-state index contributed by atoms with van der Waals surface area (Å²) in [5.74, 6) is -0.104. The van der Waals surface area contributed by atoms with Gasteiger partial charge in [-0.1, -0.05) is 30.9 Å². The first-order valence-electron chi connectivity index (χ1n) is 11.7. The Morgan fingerprint density at radius 2 is 1.68 bits per heavy atom. The van der Waals surface area contributed by atoms with Crippen molar-refractivity contribution in [2.75, 3.05) is 26.2 Å². The summed E-state index contributed by atoms with van der Waals surface area (Å²) >= 11 is 0. The van der Waals surface area contributed by atoms with E-state index in [1.54, 1.807) is 30.9 Å². The molecule has 8 nitrogen and oxygen atoms in total. The number of piperidine rings is 1. The molecule has 0 spiro atoms. The van der Waals surface area contributed by atoms with E-state index in [0.29, 0.717) is 43.1 Å². The molecule has 3 rings (SSSR count). The lowest BCUT2D eigenvalue weighted by atomic mass is 10.0. The van der Waals surface area contributed by atoms with E-state index in [1.165, 1.54) is 11.8 Å². The summed E-state index contributed by atoms with van der Waals surface area (Å²) in [6.07, 6.45) is 6.37. The van der Waals surface area contributed by atoms with Gasteiger partial charge >= 0.3 is 6.09 Å². The highest BCUT2D eigenvalue weighted by molar-refractivity contribution is 5.94. The number of amides is 3. The predicted octanol–water partition coefficient (Wildman–Crippen LogP) is 3.37. The van der Waals surface area contributed by atoms with Crippen molar-refractivity contribution >= 4 is 24.0 Å². The summed E-state index contributed by atoms with van der Waals surface area (Å²) in [6.45, 7) is 11.1. The van der Waals surface area contributed by atoms with Crippen molar-refractivity contribution < 1.29 is 19.1 Å². The highest BCUT2D eigenvalue weighted by atomic mass is 16.6. The third kappa shape index (κ3) is 6.14. The van der Waals surface area contributed by atoms with Crippen molar-refractivity contribution in [2.45, 2.75) is 45.8 Å². The van der Waals surface area contributed by atoms with Crippen molar-refractivity contribution in [3.05, 3.63) is 65.5 Å². The van der Waals surface area contributed by atoms with Crippen LogP contribution in [0.1, 0.15) is 49.5 Å². The summed E-state index contributed by atoms with van der Waals surface area (Å²) in [4.78, 5) is 42.1. The van der Waals surface area contributed by atoms with Gasteiger partial charge in [0.1, 0.15) is 0 Å². The first-order chi connectivity index (χ1) is 16.2. The first-order valence-corrected chi connectivity index (χ1v) is 11.7. The fourth-order valence-electron chi connectivity index (χ4n) is 4.00. The summed E-state index contributed by atoms with van der Waals surface area (Å²) in [7, 11) is 0. The molecule has 0 unspecified atom stereocenters. The van der Waals surface area contributed by atoms with E-state index < -0.39 is 6.09 Å². The number of allylic oxidation sites excluding steroid dienone is 2. The molecule has 0 saturated carbocycles. The maximum atomic E-state index is 12.7. The number of hydrogen-bond donors (Lipinski definition) is 1. The van der Waals surface area contributed by atoms with Crippen LogP contribution in [0.15, 0.2) is 54.4 Å². The standard InChI is InChI=1S/C26H34N4O4/c1-18(2)34-26(33)29-16-17-30(20(4)31)24(19(29)3)7-5-6-21-8-10-22(11-9-21)25(32)28-14-12-23(27)13-15-28/h5-11,18,23H,3,12-17,27H2,1-2,4H3/b6-5+,24-7+. The van der Waals surface area contributed by atoms with E-state index in [2.05, 4.69) is 6.58 Å². The molecule has 34 heavy (non-hydrogen) atoms. The van der Waals surface area contributed by atoms with Crippen molar-refractivity contribution in [1.29, 1.82) is 0 Å². The van der Waals surface area contributed by atoms with Gasteiger partial charge in [0, 0.05) is 44.7 Å². The Bertz CT molecular complexity index is 989. The van der Waals surface area contributed by atoms with Crippen LogP contribution in [0.2, 0.25) is 0 Å². The van der Waals surface area contributed by atoms with Crippen LogP contribution in [0.4, 0.5) is 4.79 Å². The van der Waals surface area contributed by atoms with Crippen LogP contribution in [0.5, 0.6) is 0 Å². The number of benzene rings is 1. The number of hydrogen-bond acceptors (Lipinski definition) is 5. The Balaban J connectivity index is 1.71. The molecular weight excluding hydrogens is 432 g/mol. The van der Waals surface area contributed by atoms with Gasteiger partial charge in [0.15, 0.2) is 0 Å². The minimum Gasteiger partial charge on any atom is -0.446 e. The molecule has 0 radical (unpaired) electrons. The SMILES string of the molecule is C=C1/C(=C\C=C\c2ccc(C(=O)N3CCC(N)CC3)cc2)N(C(C)=O)CCN1C(=O)OC(C)C. The Labute approximate surface area is 201 Å². The summed E-state index contributed by atoms with van der Waals surface area (Å²) in [5, 5.41) is 0. The molecule has 2 saturated heterocycles. The maximum Gasteiger partial charge on any atom is 0.414 e. The van der Waals surface area contributed by atoms with Crippen LogP contribution in [-0.2, 0) is 9.53 Å². The van der Waals surface area contributed by atoms with E-state index >= 15 is 0 Å². The van der Waals surface area contributed by atoms with Gasteiger partial charge in [-0.2, -0.15) is 0 Å². The summed E-state index contributed by atoms with van der Waals surface area (Å²) < 4.78 is 5.30. The number of nitrogens with two attached hydrogens (primary N) is 1. The number of likely N-dealkylation sites (tertiary alicyclic amines) is 1. The molecule has 0 aromatic heterocycles. The van der Waals surface area contributed by atoms with Gasteiger partial charge in [-0.3, -0.25) is 14.5 Å². The highest BCUT2D eigenvalue weighted by Gasteiger charge is 2.31. The van der Waals surface area contributed by atoms with E-state index in [-0.39, 0.29) is 24.0 Å². The molecule has 0 bridgehead atoms. The number of carbonyl (C=O) groups excluding carboxylic acids is 3. The average molecular weight is 467 g/mol. The number of carbonyl (C=O) groups is 3. The Kier molecular flexibility index (Phi) is 8.28.